The molecule has 2 aromatic carbocycles. The van der Waals surface area contributed by atoms with E-state index in [1.54, 1.807) is 6.07 Å². The van der Waals surface area contributed by atoms with Crippen LogP contribution < -0.4 is 5.32 Å². The van der Waals surface area contributed by atoms with Crippen molar-refractivity contribution in [2.24, 2.45) is 0 Å². The van der Waals surface area contributed by atoms with Crippen LogP contribution in [0, 0.1) is 0 Å². The van der Waals surface area contributed by atoms with Gasteiger partial charge in [-0.25, -0.2) is 0 Å². The van der Waals surface area contributed by atoms with Crippen LogP contribution in [0.15, 0.2) is 71.3 Å². The quantitative estimate of drug-likeness (QED) is 0.731. The van der Waals surface area contributed by atoms with E-state index in [-0.39, 0.29) is 11.6 Å². The molecule has 0 bridgehead atoms. The maximum Gasteiger partial charge on any atom is 0.273 e. The standard InChI is InChI=1S/C19H18N2O3/c22-17(14-7-3-1-4-8-14)11-12-20-19(23)16-13-18(24-21-16)15-9-5-2-6-10-15/h1-10,13,17,22H,11-12H2,(H,20,23). The average Bonchev–Trinajstić information content (AvgIpc) is 3.13. The number of nitrogens with zero attached hydrogens (tertiary/aromatic N) is 1. The van der Waals surface area contributed by atoms with Gasteiger partial charge < -0.3 is 14.9 Å². The second kappa shape index (κ2) is 7.57. The minimum Gasteiger partial charge on any atom is -0.388 e. The highest BCUT2D eigenvalue weighted by Crippen LogP contribution is 2.20. The largest absolute Gasteiger partial charge is 0.388 e. The van der Waals surface area contributed by atoms with E-state index in [1.165, 1.54) is 0 Å². The molecule has 0 aliphatic rings. The molecule has 3 aromatic rings. The molecule has 0 aliphatic carbocycles. The highest BCUT2D eigenvalue weighted by molar-refractivity contribution is 5.93. The number of rotatable bonds is 6. The number of carbonyl (C=O) groups is 1. The fourth-order valence-corrected chi connectivity index (χ4v) is 2.38. The van der Waals surface area contributed by atoms with Gasteiger partial charge in [0.05, 0.1) is 6.10 Å². The molecule has 0 saturated heterocycles. The van der Waals surface area contributed by atoms with Crippen LogP contribution in [0.4, 0.5) is 0 Å². The van der Waals surface area contributed by atoms with Gasteiger partial charge >= 0.3 is 0 Å². The van der Waals surface area contributed by atoms with E-state index in [0.29, 0.717) is 18.7 Å². The van der Waals surface area contributed by atoms with Crippen molar-refractivity contribution in [1.82, 2.24) is 10.5 Å². The van der Waals surface area contributed by atoms with Gasteiger partial charge in [-0.05, 0) is 12.0 Å². The molecule has 0 fully saturated rings. The van der Waals surface area contributed by atoms with Crippen molar-refractivity contribution in [3.05, 3.63) is 78.0 Å². The van der Waals surface area contributed by atoms with E-state index in [4.69, 9.17) is 4.52 Å². The van der Waals surface area contributed by atoms with Gasteiger partial charge in [-0.3, -0.25) is 4.79 Å². The fourth-order valence-electron chi connectivity index (χ4n) is 2.38. The summed E-state index contributed by atoms with van der Waals surface area (Å²) in [6, 6.07) is 20.4. The summed E-state index contributed by atoms with van der Waals surface area (Å²) >= 11 is 0. The number of hydrogen-bond donors (Lipinski definition) is 2. The molecule has 5 heteroatoms. The second-order valence-corrected chi connectivity index (χ2v) is 5.41. The average molecular weight is 322 g/mol. The summed E-state index contributed by atoms with van der Waals surface area (Å²) in [7, 11) is 0. The van der Waals surface area contributed by atoms with Gasteiger partial charge in [0.1, 0.15) is 0 Å². The van der Waals surface area contributed by atoms with Crippen molar-refractivity contribution in [3.8, 4) is 11.3 Å². The summed E-state index contributed by atoms with van der Waals surface area (Å²) in [6.45, 7) is 0.350. The Bertz CT molecular complexity index is 785. The van der Waals surface area contributed by atoms with Gasteiger partial charge in [0.25, 0.3) is 5.91 Å². The Balaban J connectivity index is 1.53. The van der Waals surface area contributed by atoms with Crippen LogP contribution in [-0.4, -0.2) is 22.7 Å². The summed E-state index contributed by atoms with van der Waals surface area (Å²) in [5, 5.41) is 16.6. The summed E-state index contributed by atoms with van der Waals surface area (Å²) < 4.78 is 5.21. The van der Waals surface area contributed by atoms with Crippen LogP contribution in [-0.2, 0) is 0 Å². The normalized spacial score (nSPS) is 11.9. The highest BCUT2D eigenvalue weighted by atomic mass is 16.5. The summed E-state index contributed by atoms with van der Waals surface area (Å²) in [4.78, 5) is 12.1. The number of hydrogen-bond acceptors (Lipinski definition) is 4. The summed E-state index contributed by atoms with van der Waals surface area (Å²) in [5.74, 6) is 0.228. The molecule has 122 valence electrons. The zero-order valence-corrected chi connectivity index (χ0v) is 13.1. The zero-order chi connectivity index (χ0) is 16.8. The first-order chi connectivity index (χ1) is 11.7. The summed E-state index contributed by atoms with van der Waals surface area (Å²) in [6.07, 6.45) is -0.178. The SMILES string of the molecule is O=C(NCCC(O)c1ccccc1)c1cc(-c2ccccc2)on1. The van der Waals surface area contributed by atoms with Gasteiger partial charge in [-0.2, -0.15) is 0 Å². The molecule has 24 heavy (non-hydrogen) atoms. The van der Waals surface area contributed by atoms with Crippen molar-refractivity contribution >= 4 is 5.91 Å². The highest BCUT2D eigenvalue weighted by Gasteiger charge is 2.14. The lowest BCUT2D eigenvalue weighted by Crippen LogP contribution is -2.25. The number of aliphatic hydroxyl groups is 1. The van der Waals surface area contributed by atoms with Crippen LogP contribution in [0.2, 0.25) is 0 Å². The molecule has 2 N–H and O–H groups in total. The van der Waals surface area contributed by atoms with Crippen molar-refractivity contribution in [2.45, 2.75) is 12.5 Å². The molecule has 0 aliphatic heterocycles. The molecule has 1 aromatic heterocycles. The van der Waals surface area contributed by atoms with E-state index in [2.05, 4.69) is 10.5 Å². The first-order valence-electron chi connectivity index (χ1n) is 7.77. The predicted molar refractivity (Wildman–Crippen MR) is 90.3 cm³/mol. The Morgan fingerprint density at radius 1 is 1.08 bits per heavy atom. The summed E-state index contributed by atoms with van der Waals surface area (Å²) in [5.41, 5.74) is 1.92. The number of aromatic nitrogens is 1. The van der Waals surface area contributed by atoms with Crippen LogP contribution in [0.5, 0.6) is 0 Å². The smallest absolute Gasteiger partial charge is 0.273 e. The van der Waals surface area contributed by atoms with Crippen molar-refractivity contribution in [3.63, 3.8) is 0 Å². The topological polar surface area (TPSA) is 75.4 Å². The lowest BCUT2D eigenvalue weighted by Gasteiger charge is -2.10. The number of benzene rings is 2. The van der Waals surface area contributed by atoms with Gasteiger partial charge in [-0.1, -0.05) is 65.8 Å². The molecule has 5 nitrogen and oxygen atoms in total. The maximum absolute atomic E-state index is 12.1. The minimum atomic E-state index is -0.608. The van der Waals surface area contributed by atoms with Crippen LogP contribution in [0.25, 0.3) is 11.3 Å². The molecule has 1 amide bonds. The minimum absolute atomic E-state index is 0.225. The van der Waals surface area contributed by atoms with Gasteiger partial charge in [0.15, 0.2) is 11.5 Å². The Morgan fingerprint density at radius 2 is 1.75 bits per heavy atom. The zero-order valence-electron chi connectivity index (χ0n) is 13.1. The molecule has 0 radical (unpaired) electrons. The molecule has 0 saturated carbocycles. The van der Waals surface area contributed by atoms with Crippen molar-refractivity contribution < 1.29 is 14.4 Å². The third kappa shape index (κ3) is 3.88. The third-order valence-corrected chi connectivity index (χ3v) is 3.69. The van der Waals surface area contributed by atoms with E-state index < -0.39 is 6.10 Å². The van der Waals surface area contributed by atoms with Gasteiger partial charge in [0, 0.05) is 18.2 Å². The molecule has 1 unspecified atom stereocenters. The number of amides is 1. The van der Waals surface area contributed by atoms with Crippen LogP contribution >= 0.6 is 0 Å². The maximum atomic E-state index is 12.1. The molecular formula is C19H18N2O3. The third-order valence-electron chi connectivity index (χ3n) is 3.69. The van der Waals surface area contributed by atoms with Crippen LogP contribution in [0.3, 0.4) is 0 Å². The molecule has 1 heterocycles. The number of aliphatic hydroxyl groups excluding tert-OH is 1. The Hall–Kier alpha value is -2.92. The molecule has 3 rings (SSSR count). The lowest BCUT2D eigenvalue weighted by molar-refractivity contribution is 0.0933. The fraction of sp³-hybridized carbons (Fsp3) is 0.158. The van der Waals surface area contributed by atoms with E-state index >= 15 is 0 Å². The lowest BCUT2D eigenvalue weighted by atomic mass is 10.1. The monoisotopic (exact) mass is 322 g/mol. The second-order valence-electron chi connectivity index (χ2n) is 5.41. The first-order valence-corrected chi connectivity index (χ1v) is 7.77. The Labute approximate surface area is 139 Å². The molecule has 0 spiro atoms. The van der Waals surface area contributed by atoms with Gasteiger partial charge in [0.2, 0.25) is 0 Å². The van der Waals surface area contributed by atoms with Crippen molar-refractivity contribution in [2.75, 3.05) is 6.54 Å². The van der Waals surface area contributed by atoms with Crippen molar-refractivity contribution in [1.29, 1.82) is 0 Å². The number of nitrogens with one attached hydrogen (secondary N) is 1. The number of carbonyl (C=O) groups excluding carboxylic acids is 1. The Morgan fingerprint density at radius 3 is 2.46 bits per heavy atom. The van der Waals surface area contributed by atoms with E-state index in [1.807, 2.05) is 60.7 Å². The molecular weight excluding hydrogens is 304 g/mol. The first kappa shape index (κ1) is 16.0. The predicted octanol–water partition coefficient (Wildman–Crippen LogP) is 3.20. The Kier molecular flexibility index (Phi) is 5.03. The van der Waals surface area contributed by atoms with Crippen LogP contribution in [0.1, 0.15) is 28.6 Å². The van der Waals surface area contributed by atoms with E-state index in [9.17, 15) is 9.90 Å². The molecule has 1 atom stereocenters. The van der Waals surface area contributed by atoms with E-state index in [0.717, 1.165) is 11.1 Å². The van der Waals surface area contributed by atoms with Gasteiger partial charge in [-0.15, -0.1) is 0 Å².